The zero-order chi connectivity index (χ0) is 16.8. The van der Waals surface area contributed by atoms with Crippen molar-refractivity contribution in [3.05, 3.63) is 36.0 Å². The van der Waals surface area contributed by atoms with Gasteiger partial charge in [0.15, 0.2) is 0 Å². The third kappa shape index (κ3) is 4.56. The molecule has 0 saturated heterocycles. The second-order valence-corrected chi connectivity index (χ2v) is 5.88. The van der Waals surface area contributed by atoms with Crippen molar-refractivity contribution < 1.29 is 14.6 Å². The van der Waals surface area contributed by atoms with Gasteiger partial charge in [-0.05, 0) is 30.5 Å². The molecule has 0 saturated carbocycles. The number of nitrogens with one attached hydrogen (secondary N) is 2. The smallest absolute Gasteiger partial charge is 0.269 e. The van der Waals surface area contributed by atoms with Crippen LogP contribution in [0.25, 0.3) is 11.3 Å². The Morgan fingerprint density at radius 1 is 1.39 bits per heavy atom. The Hall–Kier alpha value is -2.34. The SMILES string of the molecule is COc1cccc(-c2cc(C(=O)NC(CO)CC(C)C)[nH]n2)c1. The largest absolute Gasteiger partial charge is 0.497 e. The van der Waals surface area contributed by atoms with Gasteiger partial charge >= 0.3 is 0 Å². The second-order valence-electron chi connectivity index (χ2n) is 5.88. The number of aliphatic hydroxyl groups excluding tert-OH is 1. The fourth-order valence-electron chi connectivity index (χ4n) is 2.38. The monoisotopic (exact) mass is 317 g/mol. The summed E-state index contributed by atoms with van der Waals surface area (Å²) in [6, 6.07) is 8.90. The van der Waals surface area contributed by atoms with Crippen LogP contribution in [-0.4, -0.2) is 41.0 Å². The van der Waals surface area contributed by atoms with Crippen molar-refractivity contribution in [2.45, 2.75) is 26.3 Å². The molecule has 1 aromatic heterocycles. The summed E-state index contributed by atoms with van der Waals surface area (Å²) in [7, 11) is 1.60. The number of rotatable bonds is 7. The topological polar surface area (TPSA) is 87.2 Å². The van der Waals surface area contributed by atoms with Crippen LogP contribution in [0.2, 0.25) is 0 Å². The average molecular weight is 317 g/mol. The van der Waals surface area contributed by atoms with Gasteiger partial charge in [-0.25, -0.2) is 0 Å². The lowest BCUT2D eigenvalue weighted by Crippen LogP contribution is -2.38. The molecule has 6 nitrogen and oxygen atoms in total. The minimum atomic E-state index is -0.272. The lowest BCUT2D eigenvalue weighted by Gasteiger charge is -2.17. The first-order chi connectivity index (χ1) is 11.0. The summed E-state index contributed by atoms with van der Waals surface area (Å²) in [5.74, 6) is 0.849. The number of aromatic amines is 1. The highest BCUT2D eigenvalue weighted by Gasteiger charge is 2.16. The van der Waals surface area contributed by atoms with Crippen molar-refractivity contribution in [1.82, 2.24) is 15.5 Å². The number of nitrogens with zero attached hydrogens (tertiary/aromatic N) is 1. The molecule has 23 heavy (non-hydrogen) atoms. The van der Waals surface area contributed by atoms with Gasteiger partial charge in [-0.2, -0.15) is 5.10 Å². The maximum Gasteiger partial charge on any atom is 0.269 e. The van der Waals surface area contributed by atoms with E-state index in [0.717, 1.165) is 17.7 Å². The summed E-state index contributed by atoms with van der Waals surface area (Å²) in [4.78, 5) is 12.2. The van der Waals surface area contributed by atoms with Crippen molar-refractivity contribution in [3.8, 4) is 17.0 Å². The van der Waals surface area contributed by atoms with Crippen LogP contribution in [0.3, 0.4) is 0 Å². The second kappa shape index (κ2) is 7.78. The molecule has 0 aliphatic heterocycles. The third-order valence-corrected chi connectivity index (χ3v) is 3.50. The minimum absolute atomic E-state index is 0.0825. The van der Waals surface area contributed by atoms with Crippen molar-refractivity contribution >= 4 is 5.91 Å². The average Bonchev–Trinajstić information content (AvgIpc) is 3.04. The molecule has 1 heterocycles. The quantitative estimate of drug-likeness (QED) is 0.731. The highest BCUT2D eigenvalue weighted by molar-refractivity contribution is 5.93. The lowest BCUT2D eigenvalue weighted by atomic mass is 10.0. The van der Waals surface area contributed by atoms with Crippen LogP contribution < -0.4 is 10.1 Å². The Bertz CT molecular complexity index is 652. The number of amides is 1. The van der Waals surface area contributed by atoms with E-state index >= 15 is 0 Å². The van der Waals surface area contributed by atoms with Gasteiger partial charge in [0, 0.05) is 5.56 Å². The molecule has 1 amide bonds. The molecule has 2 rings (SSSR count). The van der Waals surface area contributed by atoms with E-state index in [2.05, 4.69) is 15.5 Å². The Kier molecular flexibility index (Phi) is 5.76. The number of carbonyl (C=O) groups is 1. The van der Waals surface area contributed by atoms with Gasteiger partial charge in [0.1, 0.15) is 11.4 Å². The predicted octanol–water partition coefficient (Wildman–Crippen LogP) is 2.22. The number of carbonyl (C=O) groups excluding carboxylic acids is 1. The van der Waals surface area contributed by atoms with Crippen LogP contribution in [0.15, 0.2) is 30.3 Å². The molecule has 1 unspecified atom stereocenters. The molecule has 0 aliphatic rings. The molecular formula is C17H23N3O3. The van der Waals surface area contributed by atoms with E-state index in [1.54, 1.807) is 13.2 Å². The van der Waals surface area contributed by atoms with Gasteiger partial charge in [-0.15, -0.1) is 0 Å². The lowest BCUT2D eigenvalue weighted by molar-refractivity contribution is 0.0903. The van der Waals surface area contributed by atoms with Gasteiger partial charge in [0.05, 0.1) is 25.5 Å². The Balaban J connectivity index is 2.10. The molecule has 2 aromatic rings. The highest BCUT2D eigenvalue weighted by atomic mass is 16.5. The number of methoxy groups -OCH3 is 1. The number of aromatic nitrogens is 2. The number of ether oxygens (including phenoxy) is 1. The van der Waals surface area contributed by atoms with Crippen LogP contribution in [-0.2, 0) is 0 Å². The first-order valence-corrected chi connectivity index (χ1v) is 7.65. The van der Waals surface area contributed by atoms with Crippen molar-refractivity contribution in [3.63, 3.8) is 0 Å². The van der Waals surface area contributed by atoms with Crippen LogP contribution in [0, 0.1) is 5.92 Å². The zero-order valence-corrected chi connectivity index (χ0v) is 13.7. The minimum Gasteiger partial charge on any atom is -0.497 e. The van der Waals surface area contributed by atoms with Crippen LogP contribution in [0.4, 0.5) is 0 Å². The van der Waals surface area contributed by atoms with Crippen LogP contribution in [0.1, 0.15) is 30.8 Å². The molecule has 1 aromatic carbocycles. The molecule has 124 valence electrons. The van der Waals surface area contributed by atoms with Gasteiger partial charge in [-0.1, -0.05) is 26.0 Å². The molecule has 3 N–H and O–H groups in total. The maximum absolute atomic E-state index is 12.2. The summed E-state index contributed by atoms with van der Waals surface area (Å²) in [5.41, 5.74) is 1.89. The fourth-order valence-corrected chi connectivity index (χ4v) is 2.38. The first-order valence-electron chi connectivity index (χ1n) is 7.65. The number of aliphatic hydroxyl groups is 1. The summed E-state index contributed by atoms with van der Waals surface area (Å²) >= 11 is 0. The van der Waals surface area contributed by atoms with E-state index in [4.69, 9.17) is 4.74 Å². The fraction of sp³-hybridized carbons (Fsp3) is 0.412. The molecule has 0 aliphatic carbocycles. The van der Waals surface area contributed by atoms with E-state index in [-0.39, 0.29) is 18.6 Å². The number of hydrogen-bond acceptors (Lipinski definition) is 4. The van der Waals surface area contributed by atoms with E-state index in [1.807, 2.05) is 38.1 Å². The van der Waals surface area contributed by atoms with Crippen molar-refractivity contribution in [2.24, 2.45) is 5.92 Å². The standard InChI is InChI=1S/C17H23N3O3/c1-11(2)7-13(10-21)18-17(22)16-9-15(19-20-16)12-5-4-6-14(8-12)23-3/h4-6,8-9,11,13,21H,7,10H2,1-3H3,(H,18,22)(H,19,20). The van der Waals surface area contributed by atoms with E-state index in [0.29, 0.717) is 17.3 Å². The summed E-state index contributed by atoms with van der Waals surface area (Å²) in [6.45, 7) is 4.01. The summed E-state index contributed by atoms with van der Waals surface area (Å²) in [6.07, 6.45) is 0.721. The third-order valence-electron chi connectivity index (χ3n) is 3.50. The van der Waals surface area contributed by atoms with E-state index in [1.165, 1.54) is 0 Å². The molecule has 0 spiro atoms. The van der Waals surface area contributed by atoms with E-state index in [9.17, 15) is 9.90 Å². The summed E-state index contributed by atoms with van der Waals surface area (Å²) in [5, 5.41) is 19.1. The van der Waals surface area contributed by atoms with Gasteiger partial charge < -0.3 is 15.2 Å². The maximum atomic E-state index is 12.2. The number of benzene rings is 1. The Morgan fingerprint density at radius 2 is 2.17 bits per heavy atom. The molecular weight excluding hydrogens is 294 g/mol. The normalized spacial score (nSPS) is 12.2. The van der Waals surface area contributed by atoms with Crippen LogP contribution >= 0.6 is 0 Å². The molecule has 6 heteroatoms. The summed E-state index contributed by atoms with van der Waals surface area (Å²) < 4.78 is 5.19. The number of hydrogen-bond donors (Lipinski definition) is 3. The molecule has 0 fully saturated rings. The van der Waals surface area contributed by atoms with Crippen LogP contribution in [0.5, 0.6) is 5.75 Å². The van der Waals surface area contributed by atoms with Gasteiger partial charge in [0.25, 0.3) is 5.91 Å². The zero-order valence-electron chi connectivity index (χ0n) is 13.7. The van der Waals surface area contributed by atoms with Gasteiger partial charge in [0.2, 0.25) is 0 Å². The molecule has 0 radical (unpaired) electrons. The van der Waals surface area contributed by atoms with Gasteiger partial charge in [-0.3, -0.25) is 9.89 Å². The Morgan fingerprint density at radius 3 is 2.83 bits per heavy atom. The van der Waals surface area contributed by atoms with Crippen molar-refractivity contribution in [2.75, 3.05) is 13.7 Å². The first kappa shape index (κ1) is 17.0. The number of H-pyrrole nitrogens is 1. The highest BCUT2D eigenvalue weighted by Crippen LogP contribution is 2.22. The predicted molar refractivity (Wildman–Crippen MR) is 88.4 cm³/mol. The van der Waals surface area contributed by atoms with Crippen molar-refractivity contribution in [1.29, 1.82) is 0 Å². The molecule has 0 bridgehead atoms. The Labute approximate surface area is 135 Å². The van der Waals surface area contributed by atoms with E-state index < -0.39 is 0 Å². The molecule has 1 atom stereocenters.